The number of nitrogens with zero attached hydrogens (tertiary/aromatic N) is 5. The number of ether oxygens (including phenoxy) is 1. The highest BCUT2D eigenvalue weighted by Crippen LogP contribution is 2.33. The lowest BCUT2D eigenvalue weighted by Crippen LogP contribution is -3.15. The van der Waals surface area contributed by atoms with Crippen LogP contribution in [0.3, 0.4) is 0 Å². The Hall–Kier alpha value is -2.93. The molecule has 0 radical (unpaired) electrons. The fourth-order valence-electron chi connectivity index (χ4n) is 5.23. The van der Waals surface area contributed by atoms with Crippen molar-refractivity contribution in [3.8, 4) is 5.75 Å². The van der Waals surface area contributed by atoms with E-state index < -0.39 is 0 Å². The summed E-state index contributed by atoms with van der Waals surface area (Å²) in [6, 6.07) is 19.5. The van der Waals surface area contributed by atoms with E-state index in [1.807, 2.05) is 12.1 Å². The van der Waals surface area contributed by atoms with Crippen LogP contribution in [0.2, 0.25) is 0 Å². The van der Waals surface area contributed by atoms with Gasteiger partial charge in [0.05, 0.1) is 44.9 Å². The highest BCUT2D eigenvalue weighted by Gasteiger charge is 2.37. The number of piperazine rings is 1. The second-order valence-electron chi connectivity index (χ2n) is 8.58. The maximum Gasteiger partial charge on any atom is 0.214 e. The molecule has 0 spiro atoms. The van der Waals surface area contributed by atoms with Gasteiger partial charge in [-0.1, -0.05) is 43.2 Å². The number of hydrogen-bond acceptors (Lipinski definition) is 5. The zero-order valence-corrected chi connectivity index (χ0v) is 18.2. The van der Waals surface area contributed by atoms with E-state index in [0.29, 0.717) is 6.04 Å². The molecule has 162 valence electrons. The van der Waals surface area contributed by atoms with Crippen LogP contribution in [0.1, 0.15) is 49.2 Å². The third kappa shape index (κ3) is 4.02. The maximum atomic E-state index is 5.77. The third-order valence-corrected chi connectivity index (χ3v) is 6.83. The number of benzene rings is 2. The van der Waals surface area contributed by atoms with Crippen LogP contribution in [-0.4, -0.2) is 53.5 Å². The van der Waals surface area contributed by atoms with Crippen molar-refractivity contribution >= 4 is 5.69 Å². The van der Waals surface area contributed by atoms with Gasteiger partial charge in [0.1, 0.15) is 5.75 Å². The molecule has 7 heteroatoms. The van der Waals surface area contributed by atoms with Crippen LogP contribution in [0, 0.1) is 0 Å². The average molecular weight is 420 g/mol. The molecular weight excluding hydrogens is 388 g/mol. The predicted octanol–water partition coefficient (Wildman–Crippen LogP) is 2.29. The fourth-order valence-corrected chi connectivity index (χ4v) is 5.23. The Labute approximate surface area is 183 Å². The largest absolute Gasteiger partial charge is 0.496 e. The predicted molar refractivity (Wildman–Crippen MR) is 120 cm³/mol. The molecule has 3 aromatic rings. The normalized spacial score (nSPS) is 18.9. The van der Waals surface area contributed by atoms with E-state index in [-0.39, 0.29) is 6.04 Å². The first-order valence-corrected chi connectivity index (χ1v) is 11.4. The Kier molecular flexibility index (Phi) is 5.84. The van der Waals surface area contributed by atoms with Gasteiger partial charge in [0, 0.05) is 5.69 Å². The molecule has 31 heavy (non-hydrogen) atoms. The number of hydrogen-bond donors (Lipinski definition) is 1. The number of nitrogens with one attached hydrogen (secondary N) is 1. The third-order valence-electron chi connectivity index (χ3n) is 6.83. The molecule has 1 atom stereocenters. The van der Waals surface area contributed by atoms with E-state index in [2.05, 4.69) is 67.6 Å². The first-order valence-electron chi connectivity index (χ1n) is 11.4. The van der Waals surface area contributed by atoms with E-state index in [1.165, 1.54) is 29.0 Å². The van der Waals surface area contributed by atoms with Crippen LogP contribution in [0.4, 0.5) is 5.69 Å². The SMILES string of the molecule is COc1ccccc1[C@H](c1nnnn1C1CCCC1)[NH+]1CCN(c2ccccc2)CC1. The number of para-hydroxylation sites is 2. The first-order chi connectivity index (χ1) is 15.3. The molecular formula is C24H31N6O+. The van der Waals surface area contributed by atoms with Gasteiger partial charge in [-0.15, -0.1) is 5.10 Å². The van der Waals surface area contributed by atoms with Crippen molar-refractivity contribution in [2.45, 2.75) is 37.8 Å². The van der Waals surface area contributed by atoms with Crippen molar-refractivity contribution in [2.75, 3.05) is 38.2 Å². The molecule has 2 heterocycles. The number of anilines is 1. The van der Waals surface area contributed by atoms with E-state index in [9.17, 15) is 0 Å². The molecule has 1 aliphatic carbocycles. The molecule has 1 aliphatic heterocycles. The van der Waals surface area contributed by atoms with Crippen molar-refractivity contribution in [1.82, 2.24) is 20.2 Å². The Morgan fingerprint density at radius 2 is 1.68 bits per heavy atom. The van der Waals surface area contributed by atoms with Gasteiger partial charge in [-0.3, -0.25) is 0 Å². The minimum atomic E-state index is 0.0599. The number of quaternary nitrogens is 1. The molecule has 1 aromatic heterocycles. The number of methoxy groups -OCH3 is 1. The van der Waals surface area contributed by atoms with Gasteiger partial charge in [-0.25, -0.2) is 4.68 Å². The van der Waals surface area contributed by atoms with Crippen LogP contribution in [0.15, 0.2) is 54.6 Å². The van der Waals surface area contributed by atoms with Crippen molar-refractivity contribution < 1.29 is 9.64 Å². The summed E-state index contributed by atoms with van der Waals surface area (Å²) in [6.45, 7) is 4.07. The second kappa shape index (κ2) is 9.06. The maximum absolute atomic E-state index is 5.77. The molecule has 1 saturated carbocycles. The summed E-state index contributed by atoms with van der Waals surface area (Å²) < 4.78 is 7.88. The second-order valence-corrected chi connectivity index (χ2v) is 8.58. The summed E-state index contributed by atoms with van der Waals surface area (Å²) in [7, 11) is 1.75. The summed E-state index contributed by atoms with van der Waals surface area (Å²) in [4.78, 5) is 3.97. The summed E-state index contributed by atoms with van der Waals surface area (Å²) in [5, 5.41) is 13.1. The van der Waals surface area contributed by atoms with Gasteiger partial charge in [-0.05, 0) is 47.5 Å². The van der Waals surface area contributed by atoms with Crippen molar-refractivity contribution in [3.63, 3.8) is 0 Å². The molecule has 0 amide bonds. The zero-order chi connectivity index (χ0) is 21.0. The molecule has 2 fully saturated rings. The molecule has 2 aromatic carbocycles. The van der Waals surface area contributed by atoms with Crippen LogP contribution < -0.4 is 14.5 Å². The standard InChI is InChI=1S/C24H30N6O/c1-31-22-14-8-7-13-21(22)23(24-25-26-27-30(24)20-11-5-6-12-20)29-17-15-28(16-18-29)19-9-3-2-4-10-19/h2-4,7-10,13-14,20,23H,5-6,11-12,15-18H2,1H3/p+1/t23-/m1/s1. The summed E-state index contributed by atoms with van der Waals surface area (Å²) >= 11 is 0. The monoisotopic (exact) mass is 419 g/mol. The highest BCUT2D eigenvalue weighted by atomic mass is 16.5. The smallest absolute Gasteiger partial charge is 0.214 e. The van der Waals surface area contributed by atoms with Crippen molar-refractivity contribution in [2.24, 2.45) is 0 Å². The lowest BCUT2D eigenvalue weighted by molar-refractivity contribution is -0.927. The van der Waals surface area contributed by atoms with E-state index in [1.54, 1.807) is 7.11 Å². The molecule has 7 nitrogen and oxygen atoms in total. The molecule has 1 saturated heterocycles. The quantitative estimate of drug-likeness (QED) is 0.664. The Balaban J connectivity index is 1.47. The highest BCUT2D eigenvalue weighted by molar-refractivity contribution is 5.46. The van der Waals surface area contributed by atoms with Gasteiger partial charge in [-0.2, -0.15) is 0 Å². The number of aromatic nitrogens is 4. The summed E-state index contributed by atoms with van der Waals surface area (Å²) in [6.07, 6.45) is 4.83. The van der Waals surface area contributed by atoms with Gasteiger partial charge in [0.25, 0.3) is 0 Å². The van der Waals surface area contributed by atoms with E-state index in [4.69, 9.17) is 4.74 Å². The molecule has 1 N–H and O–H groups in total. The van der Waals surface area contributed by atoms with Crippen LogP contribution in [0.5, 0.6) is 5.75 Å². The van der Waals surface area contributed by atoms with Gasteiger partial charge in [0.2, 0.25) is 5.82 Å². The molecule has 5 rings (SSSR count). The Morgan fingerprint density at radius 1 is 0.968 bits per heavy atom. The summed E-state index contributed by atoms with van der Waals surface area (Å²) in [5.41, 5.74) is 2.47. The van der Waals surface area contributed by atoms with Gasteiger partial charge >= 0.3 is 0 Å². The van der Waals surface area contributed by atoms with Crippen molar-refractivity contribution in [1.29, 1.82) is 0 Å². The van der Waals surface area contributed by atoms with E-state index in [0.717, 1.165) is 50.6 Å². The Bertz CT molecular complexity index is 976. The molecule has 0 bridgehead atoms. The lowest BCUT2D eigenvalue weighted by Gasteiger charge is -2.37. The molecule has 0 unspecified atom stereocenters. The summed E-state index contributed by atoms with van der Waals surface area (Å²) in [5.74, 6) is 1.88. The molecule has 2 aliphatic rings. The van der Waals surface area contributed by atoms with Gasteiger partial charge in [0.15, 0.2) is 6.04 Å². The van der Waals surface area contributed by atoms with Crippen LogP contribution >= 0.6 is 0 Å². The van der Waals surface area contributed by atoms with Crippen LogP contribution in [0.25, 0.3) is 0 Å². The minimum Gasteiger partial charge on any atom is -0.496 e. The fraction of sp³-hybridized carbons (Fsp3) is 0.458. The minimum absolute atomic E-state index is 0.0599. The average Bonchev–Trinajstić information content (AvgIpc) is 3.53. The number of tetrazole rings is 1. The van der Waals surface area contributed by atoms with E-state index >= 15 is 0 Å². The van der Waals surface area contributed by atoms with Gasteiger partial charge < -0.3 is 14.5 Å². The van der Waals surface area contributed by atoms with Crippen LogP contribution in [-0.2, 0) is 0 Å². The Morgan fingerprint density at radius 3 is 2.42 bits per heavy atom. The first kappa shape index (κ1) is 20.0. The lowest BCUT2D eigenvalue weighted by atomic mass is 10.0. The van der Waals surface area contributed by atoms with Crippen molar-refractivity contribution in [3.05, 3.63) is 66.0 Å². The zero-order valence-electron chi connectivity index (χ0n) is 18.2. The number of rotatable bonds is 6. The topological polar surface area (TPSA) is 60.5 Å².